The third kappa shape index (κ3) is 4.86. The molecule has 27 heavy (non-hydrogen) atoms. The first-order valence-corrected chi connectivity index (χ1v) is 9.60. The van der Waals surface area contributed by atoms with E-state index in [1.807, 2.05) is 20.8 Å². The summed E-state index contributed by atoms with van der Waals surface area (Å²) in [6.07, 6.45) is 1.62. The predicted octanol–water partition coefficient (Wildman–Crippen LogP) is 0.0323. The number of ketones is 1. The van der Waals surface area contributed by atoms with Crippen molar-refractivity contribution in [2.75, 3.05) is 13.1 Å². The van der Waals surface area contributed by atoms with E-state index in [4.69, 9.17) is 11.5 Å². The Morgan fingerprint density at radius 1 is 1.22 bits per heavy atom. The SMILES string of the molecule is CC(CCC(=O)N1CCC2C1C(=O)CN2C(=O)C(N)CC(C)(C)C)C(N)=O. The Balaban J connectivity index is 2.02. The van der Waals surface area contributed by atoms with Crippen molar-refractivity contribution in [1.82, 2.24) is 9.80 Å². The molecule has 0 aliphatic carbocycles. The molecular formula is C19H32N4O4. The van der Waals surface area contributed by atoms with Crippen LogP contribution in [-0.4, -0.2) is 64.5 Å². The first kappa shape index (κ1) is 21.3. The van der Waals surface area contributed by atoms with Gasteiger partial charge in [-0.05, 0) is 24.7 Å². The number of rotatable bonds is 6. The average molecular weight is 380 g/mol. The Labute approximate surface area is 160 Å². The van der Waals surface area contributed by atoms with Crippen LogP contribution in [0.25, 0.3) is 0 Å². The minimum absolute atomic E-state index is 0.00742. The van der Waals surface area contributed by atoms with Crippen molar-refractivity contribution in [1.29, 1.82) is 0 Å². The summed E-state index contributed by atoms with van der Waals surface area (Å²) >= 11 is 0. The Bertz CT molecular complexity index is 628. The quantitative estimate of drug-likeness (QED) is 0.672. The van der Waals surface area contributed by atoms with Gasteiger partial charge in [-0.25, -0.2) is 0 Å². The number of nitrogens with two attached hydrogens (primary N) is 2. The molecule has 3 amide bonds. The lowest BCUT2D eigenvalue weighted by Gasteiger charge is -2.29. The second-order valence-corrected chi connectivity index (χ2v) is 9.03. The predicted molar refractivity (Wildman–Crippen MR) is 100 cm³/mol. The number of hydrogen-bond donors (Lipinski definition) is 2. The molecule has 0 spiro atoms. The van der Waals surface area contributed by atoms with Gasteiger partial charge in [0, 0.05) is 18.9 Å². The van der Waals surface area contributed by atoms with E-state index in [0.29, 0.717) is 25.8 Å². The smallest absolute Gasteiger partial charge is 0.240 e. The molecule has 8 nitrogen and oxygen atoms in total. The minimum Gasteiger partial charge on any atom is -0.369 e. The molecule has 0 aromatic carbocycles. The summed E-state index contributed by atoms with van der Waals surface area (Å²) in [4.78, 5) is 52.1. The fraction of sp³-hybridized carbons (Fsp3) is 0.789. The van der Waals surface area contributed by atoms with Crippen LogP contribution in [0, 0.1) is 11.3 Å². The topological polar surface area (TPSA) is 127 Å². The van der Waals surface area contributed by atoms with Crippen LogP contribution in [0.1, 0.15) is 53.4 Å². The van der Waals surface area contributed by atoms with Gasteiger partial charge in [0.05, 0.1) is 18.6 Å². The molecule has 4 N–H and O–H groups in total. The van der Waals surface area contributed by atoms with Crippen LogP contribution in [0.4, 0.5) is 0 Å². The first-order valence-electron chi connectivity index (χ1n) is 9.60. The molecule has 0 radical (unpaired) electrons. The Morgan fingerprint density at radius 2 is 1.85 bits per heavy atom. The van der Waals surface area contributed by atoms with Gasteiger partial charge in [-0.1, -0.05) is 27.7 Å². The summed E-state index contributed by atoms with van der Waals surface area (Å²) in [5.74, 6) is -1.34. The summed E-state index contributed by atoms with van der Waals surface area (Å²) in [5, 5.41) is 0. The van der Waals surface area contributed by atoms with E-state index in [-0.39, 0.29) is 47.9 Å². The molecule has 0 saturated carbocycles. The minimum atomic E-state index is -0.655. The zero-order valence-corrected chi connectivity index (χ0v) is 16.7. The molecule has 2 rings (SSSR count). The van der Waals surface area contributed by atoms with Crippen LogP contribution in [-0.2, 0) is 19.2 Å². The van der Waals surface area contributed by atoms with Gasteiger partial charge >= 0.3 is 0 Å². The van der Waals surface area contributed by atoms with Gasteiger partial charge < -0.3 is 21.3 Å². The van der Waals surface area contributed by atoms with Crippen LogP contribution in [0.3, 0.4) is 0 Å². The molecule has 2 aliphatic heterocycles. The molecule has 2 saturated heterocycles. The Morgan fingerprint density at radius 3 is 2.41 bits per heavy atom. The van der Waals surface area contributed by atoms with E-state index in [1.165, 1.54) is 0 Å². The van der Waals surface area contributed by atoms with Gasteiger partial charge in [0.15, 0.2) is 5.78 Å². The van der Waals surface area contributed by atoms with Crippen molar-refractivity contribution in [3.05, 3.63) is 0 Å². The van der Waals surface area contributed by atoms with Crippen LogP contribution >= 0.6 is 0 Å². The molecule has 152 valence electrons. The number of carbonyl (C=O) groups is 4. The molecule has 4 atom stereocenters. The van der Waals surface area contributed by atoms with Crippen molar-refractivity contribution < 1.29 is 19.2 Å². The number of nitrogens with zero attached hydrogens (tertiary/aromatic N) is 2. The third-order valence-electron chi connectivity index (χ3n) is 5.45. The van der Waals surface area contributed by atoms with E-state index in [9.17, 15) is 19.2 Å². The van der Waals surface area contributed by atoms with Crippen LogP contribution in [0.2, 0.25) is 0 Å². The van der Waals surface area contributed by atoms with E-state index in [1.54, 1.807) is 16.7 Å². The second kappa shape index (κ2) is 7.96. The van der Waals surface area contributed by atoms with Crippen molar-refractivity contribution in [2.45, 2.75) is 71.5 Å². The molecular weight excluding hydrogens is 348 g/mol. The zero-order chi connectivity index (χ0) is 20.5. The highest BCUT2D eigenvalue weighted by molar-refractivity contribution is 5.98. The number of amides is 3. The van der Waals surface area contributed by atoms with Gasteiger partial charge in [-0.15, -0.1) is 0 Å². The summed E-state index contributed by atoms with van der Waals surface area (Å²) in [5.41, 5.74) is 11.2. The van der Waals surface area contributed by atoms with Gasteiger partial charge in [0.25, 0.3) is 0 Å². The lowest BCUT2D eigenvalue weighted by Crippen LogP contribution is -2.49. The van der Waals surface area contributed by atoms with Crippen LogP contribution < -0.4 is 11.5 Å². The lowest BCUT2D eigenvalue weighted by molar-refractivity contribution is -0.136. The zero-order valence-electron chi connectivity index (χ0n) is 16.7. The Kier molecular flexibility index (Phi) is 6.29. The Hall–Kier alpha value is -1.96. The largest absolute Gasteiger partial charge is 0.369 e. The maximum atomic E-state index is 12.8. The number of primary amides is 1. The highest BCUT2D eigenvalue weighted by atomic mass is 16.2. The highest BCUT2D eigenvalue weighted by Crippen LogP contribution is 2.32. The summed E-state index contributed by atoms with van der Waals surface area (Å²) in [7, 11) is 0. The normalized spacial score (nSPS) is 24.7. The standard InChI is InChI=1S/C19H32N4O4/c1-11(17(21)26)5-6-15(25)22-8-7-13-16(22)14(24)10-23(13)18(27)12(20)9-19(2,3)4/h11-13,16H,5-10,20H2,1-4H3,(H2,21,26). The summed E-state index contributed by atoms with van der Waals surface area (Å²) in [6.45, 7) is 8.17. The number of likely N-dealkylation sites (tertiary alicyclic amines) is 2. The summed E-state index contributed by atoms with van der Waals surface area (Å²) < 4.78 is 0. The molecule has 2 heterocycles. The van der Waals surface area contributed by atoms with Crippen molar-refractivity contribution in [3.63, 3.8) is 0 Å². The summed E-state index contributed by atoms with van der Waals surface area (Å²) in [6, 6.07) is -1.54. The molecule has 2 fully saturated rings. The van der Waals surface area contributed by atoms with Crippen LogP contribution in [0.5, 0.6) is 0 Å². The monoisotopic (exact) mass is 380 g/mol. The molecule has 8 heteroatoms. The maximum absolute atomic E-state index is 12.8. The second-order valence-electron chi connectivity index (χ2n) is 9.03. The van der Waals surface area contributed by atoms with E-state index in [0.717, 1.165) is 0 Å². The number of Topliss-reactive ketones (excluding diaryl/α,β-unsaturated/α-hetero) is 1. The molecule has 0 aromatic heterocycles. The number of carbonyl (C=O) groups excluding carboxylic acids is 4. The number of hydrogen-bond acceptors (Lipinski definition) is 5. The first-order chi connectivity index (χ1) is 12.4. The van der Waals surface area contributed by atoms with Gasteiger partial charge in [-0.3, -0.25) is 19.2 Å². The lowest BCUT2D eigenvalue weighted by atomic mass is 9.88. The van der Waals surface area contributed by atoms with Crippen molar-refractivity contribution in [3.8, 4) is 0 Å². The molecule has 4 unspecified atom stereocenters. The van der Waals surface area contributed by atoms with E-state index in [2.05, 4.69) is 0 Å². The fourth-order valence-electron chi connectivity index (χ4n) is 3.98. The van der Waals surface area contributed by atoms with Crippen molar-refractivity contribution >= 4 is 23.5 Å². The molecule has 2 aliphatic rings. The average Bonchev–Trinajstić information content (AvgIpc) is 3.11. The van der Waals surface area contributed by atoms with Crippen molar-refractivity contribution in [2.24, 2.45) is 22.8 Å². The molecule has 0 bridgehead atoms. The highest BCUT2D eigenvalue weighted by Gasteiger charge is 2.51. The van der Waals surface area contributed by atoms with Gasteiger partial charge in [0.1, 0.15) is 6.04 Å². The maximum Gasteiger partial charge on any atom is 0.240 e. The van der Waals surface area contributed by atoms with Gasteiger partial charge in [-0.2, -0.15) is 0 Å². The molecule has 0 aromatic rings. The number of fused-ring (bicyclic) bond motifs is 1. The van der Waals surface area contributed by atoms with E-state index >= 15 is 0 Å². The van der Waals surface area contributed by atoms with Gasteiger partial charge in [0.2, 0.25) is 17.7 Å². The van der Waals surface area contributed by atoms with Crippen LogP contribution in [0.15, 0.2) is 0 Å². The third-order valence-corrected chi connectivity index (χ3v) is 5.45. The van der Waals surface area contributed by atoms with E-state index < -0.39 is 18.0 Å². The fourth-order valence-corrected chi connectivity index (χ4v) is 3.98.